The van der Waals surface area contributed by atoms with Crippen LogP contribution < -0.4 is 5.19 Å². The number of benzene rings is 2. The summed E-state index contributed by atoms with van der Waals surface area (Å²) < 4.78 is 15.2. The third-order valence-corrected chi connectivity index (χ3v) is 6.23. The van der Waals surface area contributed by atoms with Gasteiger partial charge in [-0.3, -0.25) is 0 Å². The van der Waals surface area contributed by atoms with Crippen molar-refractivity contribution in [1.29, 1.82) is 0 Å². The molecule has 0 radical (unpaired) electrons. The molecule has 1 atom stereocenters. The molecule has 0 saturated carbocycles. The number of hydrogen-bond donors (Lipinski definition) is 0. The van der Waals surface area contributed by atoms with Gasteiger partial charge in [-0.25, -0.2) is 9.37 Å². The van der Waals surface area contributed by atoms with Gasteiger partial charge in [0.15, 0.2) is 0 Å². The molecule has 4 heteroatoms. The summed E-state index contributed by atoms with van der Waals surface area (Å²) in [5.41, 5.74) is 2.30. The lowest BCUT2D eigenvalue weighted by molar-refractivity contribution is 0.628. The zero-order valence-electron chi connectivity index (χ0n) is 11.9. The molecule has 0 amide bonds. The molecule has 0 bridgehead atoms. The van der Waals surface area contributed by atoms with E-state index in [1.807, 2.05) is 36.9 Å². The first kappa shape index (κ1) is 13.8. The zero-order valence-corrected chi connectivity index (χ0v) is 13.1. The summed E-state index contributed by atoms with van der Waals surface area (Å²) in [6.07, 6.45) is 6.69. The molecule has 1 aromatic heterocycles. The van der Waals surface area contributed by atoms with E-state index in [4.69, 9.17) is 0 Å². The van der Waals surface area contributed by atoms with Crippen molar-refractivity contribution in [3.05, 3.63) is 73.1 Å². The van der Waals surface area contributed by atoms with Crippen LogP contribution in [-0.4, -0.2) is 18.3 Å². The number of imidazole rings is 1. The third-order valence-electron chi connectivity index (χ3n) is 3.69. The summed E-state index contributed by atoms with van der Waals surface area (Å²) in [6.45, 7) is 2.34. The molecule has 0 aliphatic heterocycles. The van der Waals surface area contributed by atoms with Crippen LogP contribution in [0.4, 0.5) is 4.39 Å². The molecule has 106 valence electrons. The first-order chi connectivity index (χ1) is 10.2. The van der Waals surface area contributed by atoms with Crippen LogP contribution in [0.2, 0.25) is 6.55 Å². The van der Waals surface area contributed by atoms with Crippen molar-refractivity contribution in [2.45, 2.75) is 12.7 Å². The van der Waals surface area contributed by atoms with Gasteiger partial charge in [0, 0.05) is 18.6 Å². The second-order valence-electron chi connectivity index (χ2n) is 5.25. The van der Waals surface area contributed by atoms with Crippen LogP contribution in [0, 0.1) is 5.82 Å². The number of rotatable bonds is 4. The van der Waals surface area contributed by atoms with Gasteiger partial charge in [-0.2, -0.15) is 0 Å². The van der Waals surface area contributed by atoms with Crippen molar-refractivity contribution in [1.82, 2.24) is 9.55 Å². The highest BCUT2D eigenvalue weighted by Gasteiger charge is 2.13. The van der Waals surface area contributed by atoms with Gasteiger partial charge < -0.3 is 4.57 Å². The molecule has 0 saturated heterocycles. The van der Waals surface area contributed by atoms with E-state index >= 15 is 0 Å². The monoisotopic (exact) mass is 296 g/mol. The molecular formula is C17H17FN2Si. The van der Waals surface area contributed by atoms with E-state index in [1.165, 1.54) is 22.9 Å². The van der Waals surface area contributed by atoms with E-state index in [9.17, 15) is 4.39 Å². The average Bonchev–Trinajstić information content (AvgIpc) is 3.01. The molecule has 2 nitrogen and oxygen atoms in total. The van der Waals surface area contributed by atoms with Gasteiger partial charge in [-0.1, -0.05) is 48.1 Å². The lowest BCUT2D eigenvalue weighted by Gasteiger charge is -2.16. The van der Waals surface area contributed by atoms with Gasteiger partial charge in [0.25, 0.3) is 0 Å². The van der Waals surface area contributed by atoms with Gasteiger partial charge in [0.05, 0.1) is 15.1 Å². The van der Waals surface area contributed by atoms with Crippen molar-refractivity contribution in [2.75, 3.05) is 0 Å². The quantitative estimate of drug-likeness (QED) is 0.677. The molecule has 0 aliphatic rings. The maximum Gasteiger partial charge on any atom is 0.123 e. The number of halogens is 1. The second-order valence-corrected chi connectivity index (χ2v) is 8.04. The molecular weight excluding hydrogens is 279 g/mol. The summed E-state index contributed by atoms with van der Waals surface area (Å²) in [5, 5.41) is 1.40. The summed E-state index contributed by atoms with van der Waals surface area (Å²) in [6, 6.07) is 15.2. The number of nitrogens with zero attached hydrogens (tertiary/aromatic N) is 2. The molecule has 0 aliphatic carbocycles. The van der Waals surface area contributed by atoms with E-state index in [-0.39, 0.29) is 5.82 Å². The fourth-order valence-electron chi connectivity index (χ4n) is 2.63. The van der Waals surface area contributed by atoms with Gasteiger partial charge in [-0.15, -0.1) is 0 Å². The lowest BCUT2D eigenvalue weighted by Crippen LogP contribution is -2.33. The Balaban J connectivity index is 1.93. The van der Waals surface area contributed by atoms with Crippen molar-refractivity contribution >= 4 is 14.0 Å². The van der Waals surface area contributed by atoms with Crippen molar-refractivity contribution in [2.24, 2.45) is 0 Å². The Morgan fingerprint density at radius 3 is 2.57 bits per heavy atom. The predicted molar refractivity (Wildman–Crippen MR) is 86.7 cm³/mol. The molecule has 0 spiro atoms. The molecule has 3 rings (SSSR count). The molecule has 2 aromatic carbocycles. The van der Waals surface area contributed by atoms with Crippen molar-refractivity contribution in [3.63, 3.8) is 0 Å². The van der Waals surface area contributed by atoms with Gasteiger partial charge in [-0.05, 0) is 23.3 Å². The van der Waals surface area contributed by atoms with Crippen LogP contribution in [0.1, 0.15) is 0 Å². The minimum Gasteiger partial charge on any atom is -0.340 e. The average molecular weight is 296 g/mol. The predicted octanol–water partition coefficient (Wildman–Crippen LogP) is 2.99. The van der Waals surface area contributed by atoms with E-state index < -0.39 is 8.80 Å². The van der Waals surface area contributed by atoms with Gasteiger partial charge in [0.1, 0.15) is 5.82 Å². The van der Waals surface area contributed by atoms with E-state index in [2.05, 4.69) is 34.3 Å². The van der Waals surface area contributed by atoms with Crippen LogP contribution in [0.25, 0.3) is 11.1 Å². The highest BCUT2D eigenvalue weighted by atomic mass is 28.3. The Labute approximate surface area is 125 Å². The fourth-order valence-corrected chi connectivity index (χ4v) is 4.91. The summed E-state index contributed by atoms with van der Waals surface area (Å²) in [4.78, 5) is 4.10. The molecule has 21 heavy (non-hydrogen) atoms. The Morgan fingerprint density at radius 1 is 1.10 bits per heavy atom. The van der Waals surface area contributed by atoms with Crippen LogP contribution >= 0.6 is 0 Å². The second kappa shape index (κ2) is 6.05. The van der Waals surface area contributed by atoms with E-state index in [1.54, 1.807) is 0 Å². The number of hydrogen-bond acceptors (Lipinski definition) is 1. The van der Waals surface area contributed by atoms with Gasteiger partial charge >= 0.3 is 0 Å². The maximum atomic E-state index is 13.1. The standard InChI is InChI=1S/C17H17FN2Si/c1-21(13-20-11-10-19-12-20)17-5-3-2-4-16(17)14-6-8-15(18)9-7-14/h2-12,21H,13H2,1H3. The minimum absolute atomic E-state index is 0.195. The lowest BCUT2D eigenvalue weighted by atomic mass is 10.1. The topological polar surface area (TPSA) is 17.8 Å². The minimum atomic E-state index is -1.15. The Hall–Kier alpha value is -2.20. The molecule has 0 fully saturated rings. The highest BCUT2D eigenvalue weighted by molar-refractivity contribution is 6.72. The normalized spacial score (nSPS) is 12.3. The largest absolute Gasteiger partial charge is 0.340 e. The van der Waals surface area contributed by atoms with Crippen LogP contribution in [0.3, 0.4) is 0 Å². The molecule has 1 unspecified atom stereocenters. The number of aromatic nitrogens is 2. The zero-order chi connectivity index (χ0) is 14.7. The SMILES string of the molecule is C[SiH](Cn1ccnc1)c1ccccc1-c1ccc(F)cc1. The van der Waals surface area contributed by atoms with Crippen LogP contribution in [0.15, 0.2) is 67.3 Å². The van der Waals surface area contributed by atoms with Crippen molar-refractivity contribution in [3.8, 4) is 11.1 Å². The molecule has 3 aromatic rings. The summed E-state index contributed by atoms with van der Waals surface area (Å²) in [7, 11) is -1.15. The van der Waals surface area contributed by atoms with Gasteiger partial charge in [0.2, 0.25) is 0 Å². The summed E-state index contributed by atoms with van der Waals surface area (Å²) in [5.74, 6) is -0.195. The Bertz CT molecular complexity index is 708. The van der Waals surface area contributed by atoms with Crippen LogP contribution in [0.5, 0.6) is 0 Å². The first-order valence-corrected chi connectivity index (χ1v) is 9.59. The van der Waals surface area contributed by atoms with E-state index in [0.717, 1.165) is 11.7 Å². The van der Waals surface area contributed by atoms with Crippen molar-refractivity contribution < 1.29 is 4.39 Å². The first-order valence-electron chi connectivity index (χ1n) is 7.04. The smallest absolute Gasteiger partial charge is 0.123 e. The molecule has 1 heterocycles. The van der Waals surface area contributed by atoms with E-state index in [0.29, 0.717) is 0 Å². The highest BCUT2D eigenvalue weighted by Crippen LogP contribution is 2.18. The molecule has 0 N–H and O–H groups in total. The fraction of sp³-hybridized carbons (Fsp3) is 0.118. The van der Waals surface area contributed by atoms with Crippen LogP contribution in [-0.2, 0) is 6.17 Å². The summed E-state index contributed by atoms with van der Waals surface area (Å²) >= 11 is 0. The Kier molecular flexibility index (Phi) is 3.97. The third kappa shape index (κ3) is 3.11. The maximum absolute atomic E-state index is 13.1. The Morgan fingerprint density at radius 2 is 1.86 bits per heavy atom.